The molecule has 1 N–H and O–H groups in total. The molecule has 4 heterocycles. The van der Waals surface area contributed by atoms with Gasteiger partial charge in [-0.05, 0) is 40.0 Å². The predicted molar refractivity (Wildman–Crippen MR) is 105 cm³/mol. The van der Waals surface area contributed by atoms with Gasteiger partial charge in [-0.3, -0.25) is 18.3 Å². The van der Waals surface area contributed by atoms with Crippen LogP contribution in [0.5, 0.6) is 0 Å². The molecule has 3 aromatic heterocycles. The smallest absolute Gasteiger partial charge is 0.332 e. The van der Waals surface area contributed by atoms with Crippen LogP contribution in [0.2, 0.25) is 0 Å². The van der Waals surface area contributed by atoms with Crippen LogP contribution in [0.15, 0.2) is 15.8 Å². The van der Waals surface area contributed by atoms with Crippen molar-refractivity contribution in [3.63, 3.8) is 0 Å². The van der Waals surface area contributed by atoms with Gasteiger partial charge >= 0.3 is 5.69 Å². The van der Waals surface area contributed by atoms with Crippen LogP contribution in [0.25, 0.3) is 16.9 Å². The van der Waals surface area contributed by atoms with Gasteiger partial charge in [0.25, 0.3) is 5.56 Å². The fraction of sp³-hybridized carbons (Fsp3) is 0.632. The summed E-state index contributed by atoms with van der Waals surface area (Å²) in [6.07, 6.45) is 5.69. The van der Waals surface area contributed by atoms with Crippen molar-refractivity contribution in [2.45, 2.75) is 52.6 Å². The second kappa shape index (κ2) is 6.67. The molecule has 0 aromatic carbocycles. The second-order valence-corrected chi connectivity index (χ2v) is 8.05. The highest BCUT2D eigenvalue weighted by Crippen LogP contribution is 2.19. The molecule has 1 saturated heterocycles. The number of aromatic nitrogens is 5. The highest BCUT2D eigenvalue weighted by atomic mass is 16.2. The van der Waals surface area contributed by atoms with E-state index in [1.165, 1.54) is 33.3 Å². The van der Waals surface area contributed by atoms with E-state index in [1.807, 2.05) is 17.5 Å². The van der Waals surface area contributed by atoms with E-state index in [0.29, 0.717) is 23.5 Å². The number of nitrogens with zero attached hydrogens (tertiary/aromatic N) is 5. The van der Waals surface area contributed by atoms with Crippen molar-refractivity contribution in [2.24, 2.45) is 7.05 Å². The van der Waals surface area contributed by atoms with Crippen molar-refractivity contribution in [2.75, 3.05) is 19.6 Å². The molecule has 0 atom stereocenters. The van der Waals surface area contributed by atoms with Crippen molar-refractivity contribution >= 4 is 16.9 Å². The molecule has 27 heavy (non-hydrogen) atoms. The Kier molecular flexibility index (Phi) is 4.46. The van der Waals surface area contributed by atoms with Gasteiger partial charge in [-0.15, -0.1) is 0 Å². The molecule has 4 rings (SSSR count). The van der Waals surface area contributed by atoms with Crippen LogP contribution >= 0.6 is 0 Å². The van der Waals surface area contributed by atoms with Gasteiger partial charge in [0.1, 0.15) is 0 Å². The average molecular weight is 373 g/mol. The minimum atomic E-state index is -0.280. The third-order valence-electron chi connectivity index (χ3n) is 5.83. The zero-order valence-corrected chi connectivity index (χ0v) is 16.7. The van der Waals surface area contributed by atoms with Gasteiger partial charge in [-0.2, -0.15) is 4.98 Å². The van der Waals surface area contributed by atoms with E-state index in [4.69, 9.17) is 0 Å². The first-order valence-corrected chi connectivity index (χ1v) is 9.93. The third-order valence-corrected chi connectivity index (χ3v) is 5.83. The fourth-order valence-electron chi connectivity index (χ4n) is 4.43. The zero-order valence-electron chi connectivity index (χ0n) is 16.7. The first kappa shape index (κ1) is 18.0. The Balaban J connectivity index is 1.85. The van der Waals surface area contributed by atoms with E-state index < -0.39 is 0 Å². The van der Waals surface area contributed by atoms with E-state index in [-0.39, 0.29) is 17.3 Å². The van der Waals surface area contributed by atoms with Gasteiger partial charge in [0, 0.05) is 25.0 Å². The van der Waals surface area contributed by atoms with Gasteiger partial charge in [0.15, 0.2) is 11.2 Å². The molecule has 8 heteroatoms. The molecule has 0 saturated carbocycles. The summed E-state index contributed by atoms with van der Waals surface area (Å²) >= 11 is 0. The molecule has 0 spiro atoms. The number of nitrogens with one attached hydrogen (secondary N) is 1. The van der Waals surface area contributed by atoms with Crippen molar-refractivity contribution in [3.8, 4) is 0 Å². The van der Waals surface area contributed by atoms with E-state index in [9.17, 15) is 9.59 Å². The topological polar surface area (TPSA) is 70.7 Å². The number of hydrogen-bond donors (Lipinski definition) is 1. The molecule has 0 unspecified atom stereocenters. The van der Waals surface area contributed by atoms with Gasteiger partial charge in [0.2, 0.25) is 5.78 Å². The van der Waals surface area contributed by atoms with E-state index in [1.54, 1.807) is 7.05 Å². The number of hydrogen-bond acceptors (Lipinski definition) is 3. The molecule has 146 valence electrons. The molecule has 3 aromatic rings. The lowest BCUT2D eigenvalue weighted by Crippen LogP contribution is -3.13. The summed E-state index contributed by atoms with van der Waals surface area (Å²) in [5.41, 5.74) is 1.47. The molecule has 0 aliphatic carbocycles. The molecular formula is C19H29N6O2+. The highest BCUT2D eigenvalue weighted by molar-refractivity contribution is 5.75. The Labute approximate surface area is 157 Å². The molecule has 1 aliphatic heterocycles. The summed E-state index contributed by atoms with van der Waals surface area (Å²) in [6, 6.07) is 0.223. The number of likely N-dealkylation sites (tertiary alicyclic amines) is 1. The Morgan fingerprint density at radius 3 is 2.56 bits per heavy atom. The van der Waals surface area contributed by atoms with Crippen LogP contribution in [-0.2, 0) is 13.6 Å². The fourth-order valence-corrected chi connectivity index (χ4v) is 4.43. The molecule has 1 fully saturated rings. The van der Waals surface area contributed by atoms with E-state index in [2.05, 4.69) is 23.4 Å². The molecular weight excluding hydrogens is 344 g/mol. The van der Waals surface area contributed by atoms with Crippen LogP contribution in [0.3, 0.4) is 0 Å². The molecule has 0 radical (unpaired) electrons. The number of fused-ring (bicyclic) bond motifs is 3. The van der Waals surface area contributed by atoms with Crippen LogP contribution in [0, 0.1) is 6.92 Å². The molecule has 0 bridgehead atoms. The second-order valence-electron chi connectivity index (χ2n) is 8.05. The maximum absolute atomic E-state index is 13.2. The van der Waals surface area contributed by atoms with Crippen LogP contribution in [0.4, 0.5) is 0 Å². The number of imidazole rings is 2. The van der Waals surface area contributed by atoms with Gasteiger partial charge in [-0.25, -0.2) is 4.79 Å². The quantitative estimate of drug-likeness (QED) is 0.706. The number of quaternary nitrogens is 1. The number of rotatable bonds is 4. The van der Waals surface area contributed by atoms with Crippen LogP contribution < -0.4 is 16.1 Å². The monoisotopic (exact) mass is 373 g/mol. The maximum atomic E-state index is 13.2. The molecule has 1 aliphatic rings. The van der Waals surface area contributed by atoms with Crippen molar-refractivity contribution in [1.82, 2.24) is 23.1 Å². The van der Waals surface area contributed by atoms with Crippen molar-refractivity contribution in [3.05, 3.63) is 32.7 Å². The van der Waals surface area contributed by atoms with Crippen molar-refractivity contribution in [1.29, 1.82) is 0 Å². The first-order valence-electron chi connectivity index (χ1n) is 9.93. The van der Waals surface area contributed by atoms with Gasteiger partial charge < -0.3 is 9.47 Å². The third kappa shape index (κ3) is 2.82. The number of aryl methyl sites for hydroxylation is 2. The minimum Gasteiger partial charge on any atom is -0.333 e. The van der Waals surface area contributed by atoms with Crippen molar-refractivity contribution < 1.29 is 4.90 Å². The average Bonchev–Trinajstić information content (AvgIpc) is 3.15. The molecule has 8 nitrogen and oxygen atoms in total. The Bertz CT molecular complexity index is 1110. The summed E-state index contributed by atoms with van der Waals surface area (Å²) in [4.78, 5) is 32.2. The summed E-state index contributed by atoms with van der Waals surface area (Å²) in [7, 11) is 1.70. The van der Waals surface area contributed by atoms with E-state index >= 15 is 0 Å². The lowest BCUT2D eigenvalue weighted by molar-refractivity contribution is -0.905. The minimum absolute atomic E-state index is 0.223. The standard InChI is InChI=1S/C19H28N6O2/c1-13(2)25-14(3)12-24-15-16(20-18(24)25)21(4)19(27)23(17(15)26)11-10-22-8-6-5-7-9-22/h12-13H,5-11H2,1-4H3/p+1. The summed E-state index contributed by atoms with van der Waals surface area (Å²) in [6.45, 7) is 9.72. The Hall–Kier alpha value is -2.35. The maximum Gasteiger partial charge on any atom is 0.332 e. The first-order chi connectivity index (χ1) is 12.9. The lowest BCUT2D eigenvalue weighted by atomic mass is 10.1. The predicted octanol–water partition coefficient (Wildman–Crippen LogP) is 0.108. The van der Waals surface area contributed by atoms with Crippen LogP contribution in [-0.4, -0.2) is 42.7 Å². The largest absolute Gasteiger partial charge is 0.333 e. The normalized spacial score (nSPS) is 16.2. The van der Waals surface area contributed by atoms with Gasteiger partial charge in [0.05, 0.1) is 26.2 Å². The summed E-state index contributed by atoms with van der Waals surface area (Å²) in [5, 5.41) is 0. The summed E-state index contributed by atoms with van der Waals surface area (Å²) < 4.78 is 6.83. The highest BCUT2D eigenvalue weighted by Gasteiger charge is 2.22. The molecule has 0 amide bonds. The van der Waals surface area contributed by atoms with Gasteiger partial charge in [-0.1, -0.05) is 0 Å². The van der Waals surface area contributed by atoms with E-state index in [0.717, 1.165) is 25.3 Å². The van der Waals surface area contributed by atoms with Crippen LogP contribution in [0.1, 0.15) is 44.8 Å². The zero-order chi connectivity index (χ0) is 19.3. The lowest BCUT2D eigenvalue weighted by Gasteiger charge is -2.23. The SMILES string of the molecule is Cc1cn2c3c(=O)n(CC[NH+]4CCCCC4)c(=O)n(C)c3nc2n1C(C)C. The Morgan fingerprint density at radius 2 is 1.89 bits per heavy atom. The summed E-state index contributed by atoms with van der Waals surface area (Å²) in [5.74, 6) is 0.712. The number of piperidine rings is 1. The Morgan fingerprint density at radius 1 is 1.19 bits per heavy atom.